The third-order valence-corrected chi connectivity index (χ3v) is 1.52. The van der Waals surface area contributed by atoms with Crippen molar-refractivity contribution in [1.82, 2.24) is 5.32 Å². The molecular weight excluding hydrogens is 166 g/mol. The number of nitrogens with one attached hydrogen (secondary N) is 1. The summed E-state index contributed by atoms with van der Waals surface area (Å²) in [7, 11) is 0. The maximum absolute atomic E-state index is 11.2. The molecule has 0 aromatic heterocycles. The molecule has 0 atom stereocenters. The van der Waals surface area contributed by atoms with Gasteiger partial charge in [-0.05, 0) is 27.3 Å². The first-order valence-electron chi connectivity index (χ1n) is 4.48. The second kappa shape index (κ2) is 5.02. The second-order valence-corrected chi connectivity index (χ2v) is 3.71. The summed E-state index contributed by atoms with van der Waals surface area (Å²) in [5, 5.41) is 3.13. The fraction of sp³-hybridized carbons (Fsp3) is 0.700. The SMILES string of the molecule is C=C(C)C(=O)OC(C)(C)CNCC. The van der Waals surface area contributed by atoms with E-state index in [0.717, 1.165) is 6.54 Å². The Morgan fingerprint density at radius 3 is 2.46 bits per heavy atom. The maximum Gasteiger partial charge on any atom is 0.333 e. The normalized spacial score (nSPS) is 11.1. The molecule has 0 aromatic carbocycles. The van der Waals surface area contributed by atoms with Crippen molar-refractivity contribution in [2.24, 2.45) is 0 Å². The van der Waals surface area contributed by atoms with Crippen LogP contribution in [0, 0.1) is 0 Å². The van der Waals surface area contributed by atoms with Crippen LogP contribution in [0.25, 0.3) is 0 Å². The highest BCUT2D eigenvalue weighted by molar-refractivity contribution is 5.87. The first kappa shape index (κ1) is 12.2. The van der Waals surface area contributed by atoms with E-state index in [9.17, 15) is 4.79 Å². The fourth-order valence-electron chi connectivity index (χ4n) is 0.800. The molecule has 0 aromatic rings. The minimum Gasteiger partial charge on any atom is -0.455 e. The van der Waals surface area contributed by atoms with Crippen LogP contribution in [0.3, 0.4) is 0 Å². The highest BCUT2D eigenvalue weighted by Crippen LogP contribution is 2.10. The Morgan fingerprint density at radius 2 is 2.08 bits per heavy atom. The van der Waals surface area contributed by atoms with Gasteiger partial charge in [-0.25, -0.2) is 4.79 Å². The zero-order chi connectivity index (χ0) is 10.5. The molecule has 0 fully saturated rings. The van der Waals surface area contributed by atoms with Gasteiger partial charge in [0.2, 0.25) is 0 Å². The first-order valence-corrected chi connectivity index (χ1v) is 4.48. The molecule has 0 rings (SSSR count). The Labute approximate surface area is 80.2 Å². The summed E-state index contributed by atoms with van der Waals surface area (Å²) in [5.41, 5.74) is -0.0314. The molecule has 0 heterocycles. The number of carbonyl (C=O) groups is 1. The van der Waals surface area contributed by atoms with Crippen LogP contribution >= 0.6 is 0 Å². The molecule has 0 bridgehead atoms. The first-order chi connectivity index (χ1) is 5.89. The molecule has 0 aliphatic carbocycles. The van der Waals surface area contributed by atoms with Gasteiger partial charge in [0.15, 0.2) is 0 Å². The van der Waals surface area contributed by atoms with Crippen LogP contribution in [0.2, 0.25) is 0 Å². The Morgan fingerprint density at radius 1 is 1.54 bits per heavy atom. The van der Waals surface area contributed by atoms with Gasteiger partial charge in [-0.2, -0.15) is 0 Å². The van der Waals surface area contributed by atoms with Crippen LogP contribution in [0.15, 0.2) is 12.2 Å². The smallest absolute Gasteiger partial charge is 0.333 e. The van der Waals surface area contributed by atoms with Gasteiger partial charge in [-0.1, -0.05) is 13.5 Å². The summed E-state index contributed by atoms with van der Waals surface area (Å²) in [6, 6.07) is 0. The van der Waals surface area contributed by atoms with E-state index in [2.05, 4.69) is 11.9 Å². The summed E-state index contributed by atoms with van der Waals surface area (Å²) in [6.07, 6.45) is 0. The molecule has 0 saturated heterocycles. The molecular formula is C10H19NO2. The molecule has 3 heteroatoms. The highest BCUT2D eigenvalue weighted by Gasteiger charge is 2.22. The largest absolute Gasteiger partial charge is 0.455 e. The molecule has 1 N–H and O–H groups in total. The van der Waals surface area contributed by atoms with E-state index in [1.165, 1.54) is 0 Å². The summed E-state index contributed by atoms with van der Waals surface area (Å²) < 4.78 is 5.20. The van der Waals surface area contributed by atoms with Gasteiger partial charge in [0.05, 0.1) is 0 Å². The molecule has 0 spiro atoms. The van der Waals surface area contributed by atoms with Crippen molar-refractivity contribution >= 4 is 5.97 Å². The number of carbonyl (C=O) groups excluding carboxylic acids is 1. The van der Waals surface area contributed by atoms with Gasteiger partial charge >= 0.3 is 5.97 Å². The number of rotatable bonds is 5. The lowest BCUT2D eigenvalue weighted by atomic mass is 10.1. The van der Waals surface area contributed by atoms with Crippen molar-refractivity contribution in [2.75, 3.05) is 13.1 Å². The van der Waals surface area contributed by atoms with Crippen LogP contribution in [0.1, 0.15) is 27.7 Å². The number of esters is 1. The fourth-order valence-corrected chi connectivity index (χ4v) is 0.800. The lowest BCUT2D eigenvalue weighted by molar-refractivity contribution is -0.151. The average molecular weight is 185 g/mol. The predicted octanol–water partition coefficient (Wildman–Crippen LogP) is 1.49. The number of hydrogen-bond acceptors (Lipinski definition) is 3. The quantitative estimate of drug-likeness (QED) is 0.521. The Bertz CT molecular complexity index is 197. The van der Waals surface area contributed by atoms with E-state index in [-0.39, 0.29) is 5.97 Å². The number of hydrogen-bond donors (Lipinski definition) is 1. The monoisotopic (exact) mass is 185 g/mol. The van der Waals surface area contributed by atoms with E-state index in [1.54, 1.807) is 6.92 Å². The van der Waals surface area contributed by atoms with Crippen molar-refractivity contribution in [3.8, 4) is 0 Å². The van der Waals surface area contributed by atoms with Crippen molar-refractivity contribution in [3.63, 3.8) is 0 Å². The summed E-state index contributed by atoms with van der Waals surface area (Å²) in [6.45, 7) is 12.4. The van der Waals surface area contributed by atoms with Gasteiger partial charge in [0, 0.05) is 12.1 Å². The summed E-state index contributed by atoms with van der Waals surface area (Å²) in [4.78, 5) is 11.2. The van der Waals surface area contributed by atoms with Gasteiger partial charge in [0.25, 0.3) is 0 Å². The van der Waals surface area contributed by atoms with Gasteiger partial charge in [-0.3, -0.25) is 0 Å². The number of ether oxygens (including phenoxy) is 1. The van der Waals surface area contributed by atoms with Gasteiger partial charge in [-0.15, -0.1) is 0 Å². The van der Waals surface area contributed by atoms with Crippen molar-refractivity contribution in [1.29, 1.82) is 0 Å². The van der Waals surface area contributed by atoms with Gasteiger partial charge < -0.3 is 10.1 Å². The molecule has 0 unspecified atom stereocenters. The molecule has 0 aliphatic heterocycles. The highest BCUT2D eigenvalue weighted by atomic mass is 16.6. The molecule has 76 valence electrons. The average Bonchev–Trinajstić information content (AvgIpc) is 2.00. The van der Waals surface area contributed by atoms with E-state index in [4.69, 9.17) is 4.74 Å². The third-order valence-electron chi connectivity index (χ3n) is 1.52. The zero-order valence-electron chi connectivity index (χ0n) is 8.94. The van der Waals surface area contributed by atoms with Crippen LogP contribution in [-0.4, -0.2) is 24.7 Å². The number of likely N-dealkylation sites (N-methyl/N-ethyl adjacent to an activating group) is 1. The second-order valence-electron chi connectivity index (χ2n) is 3.71. The third kappa shape index (κ3) is 5.42. The van der Waals surface area contributed by atoms with Crippen LogP contribution < -0.4 is 5.32 Å². The Kier molecular flexibility index (Phi) is 4.70. The standard InChI is InChI=1S/C10H19NO2/c1-6-11-7-10(4,5)13-9(12)8(2)3/h11H,2,6-7H2,1,3-5H3. The van der Waals surface area contributed by atoms with Crippen LogP contribution in [0.4, 0.5) is 0 Å². The van der Waals surface area contributed by atoms with Crippen LogP contribution in [0.5, 0.6) is 0 Å². The van der Waals surface area contributed by atoms with Crippen molar-refractivity contribution < 1.29 is 9.53 Å². The van der Waals surface area contributed by atoms with Crippen molar-refractivity contribution in [2.45, 2.75) is 33.3 Å². The summed E-state index contributed by atoms with van der Waals surface area (Å²) in [5.74, 6) is -0.331. The van der Waals surface area contributed by atoms with E-state index in [1.807, 2.05) is 20.8 Å². The zero-order valence-corrected chi connectivity index (χ0v) is 8.94. The van der Waals surface area contributed by atoms with E-state index >= 15 is 0 Å². The van der Waals surface area contributed by atoms with E-state index in [0.29, 0.717) is 12.1 Å². The molecule has 0 aliphatic rings. The molecule has 0 radical (unpaired) electrons. The lowest BCUT2D eigenvalue weighted by Crippen LogP contribution is -2.39. The predicted molar refractivity (Wildman–Crippen MR) is 53.5 cm³/mol. The van der Waals surface area contributed by atoms with Crippen molar-refractivity contribution in [3.05, 3.63) is 12.2 Å². The topological polar surface area (TPSA) is 38.3 Å². The van der Waals surface area contributed by atoms with Crippen LogP contribution in [-0.2, 0) is 9.53 Å². The molecule has 0 amide bonds. The Hall–Kier alpha value is -0.830. The molecule has 13 heavy (non-hydrogen) atoms. The van der Waals surface area contributed by atoms with E-state index < -0.39 is 5.60 Å². The minimum atomic E-state index is -0.466. The lowest BCUT2D eigenvalue weighted by Gasteiger charge is -2.25. The molecule has 0 saturated carbocycles. The van der Waals surface area contributed by atoms with Gasteiger partial charge in [0.1, 0.15) is 5.60 Å². The maximum atomic E-state index is 11.2. The Balaban J connectivity index is 4.00. The summed E-state index contributed by atoms with van der Waals surface area (Å²) >= 11 is 0. The minimum absolute atomic E-state index is 0.331. The molecule has 3 nitrogen and oxygen atoms in total.